The molecule has 0 saturated carbocycles. The Morgan fingerprint density at radius 1 is 1.22 bits per heavy atom. The predicted octanol–water partition coefficient (Wildman–Crippen LogP) is 2.43. The van der Waals surface area contributed by atoms with Gasteiger partial charge < -0.3 is 26.0 Å². The Labute approximate surface area is 160 Å². The van der Waals surface area contributed by atoms with Gasteiger partial charge in [0, 0.05) is 0 Å². The number of halogens is 3. The fourth-order valence-electron chi connectivity index (χ4n) is 2.92. The molecule has 5 N–H and O–H groups in total. The molecule has 2 aromatic rings. The van der Waals surface area contributed by atoms with Gasteiger partial charge in [0.05, 0.1) is 10.9 Å². The fraction of sp³-hybridized carbons (Fsp3) is 0.250. The van der Waals surface area contributed by atoms with E-state index in [4.69, 9.17) is 12.2 Å². The van der Waals surface area contributed by atoms with Crippen molar-refractivity contribution in [2.45, 2.75) is 17.9 Å². The lowest BCUT2D eigenvalue weighted by Gasteiger charge is -2.46. The van der Waals surface area contributed by atoms with E-state index in [-0.39, 0.29) is 10.4 Å². The van der Waals surface area contributed by atoms with Crippen LogP contribution >= 0.6 is 23.6 Å². The summed E-state index contributed by atoms with van der Waals surface area (Å²) in [4.78, 5) is 12.9. The number of rotatable bonds is 3. The molecule has 1 aromatic heterocycles. The number of aliphatic hydroxyl groups is 1. The average molecular weight is 418 g/mol. The highest BCUT2D eigenvalue weighted by atomic mass is 32.1. The Bertz CT molecular complexity index is 888. The van der Waals surface area contributed by atoms with Crippen molar-refractivity contribution in [3.63, 3.8) is 0 Å². The van der Waals surface area contributed by atoms with Gasteiger partial charge in [-0.25, -0.2) is 0 Å². The summed E-state index contributed by atoms with van der Waals surface area (Å²) >= 11 is 5.73. The fourth-order valence-corrected chi connectivity index (χ4v) is 3.91. The number of Topliss-reactive ketones (excluding diaryl/α,β-unsaturated/α-hetero) is 1. The summed E-state index contributed by atoms with van der Waals surface area (Å²) in [7, 11) is 0. The molecule has 1 fully saturated rings. The van der Waals surface area contributed by atoms with Crippen LogP contribution in [0.5, 0.6) is 11.5 Å². The zero-order chi connectivity index (χ0) is 20.0. The number of hydrogen-bond donors (Lipinski definition) is 5. The second kappa shape index (κ2) is 6.66. The summed E-state index contributed by atoms with van der Waals surface area (Å²) < 4.78 is 41.2. The quantitative estimate of drug-likeness (QED) is 0.296. The Kier molecular flexibility index (Phi) is 4.78. The molecule has 0 aliphatic carbocycles. The van der Waals surface area contributed by atoms with Crippen molar-refractivity contribution in [1.29, 1.82) is 0 Å². The van der Waals surface area contributed by atoms with Gasteiger partial charge in [0.25, 0.3) is 0 Å². The van der Waals surface area contributed by atoms with E-state index >= 15 is 0 Å². The molecule has 3 atom stereocenters. The summed E-state index contributed by atoms with van der Waals surface area (Å²) in [6.45, 7) is 0. The lowest BCUT2D eigenvalue weighted by atomic mass is 9.78. The number of thiocarbonyl (C=S) groups is 1. The van der Waals surface area contributed by atoms with Gasteiger partial charge in [-0.05, 0) is 41.4 Å². The van der Waals surface area contributed by atoms with E-state index in [1.165, 1.54) is 23.6 Å². The average Bonchev–Trinajstić information content (AvgIpc) is 3.09. The van der Waals surface area contributed by atoms with Crippen LogP contribution < -0.4 is 10.6 Å². The lowest BCUT2D eigenvalue weighted by molar-refractivity contribution is -0.285. The topological polar surface area (TPSA) is 102 Å². The molecule has 1 saturated heterocycles. The Morgan fingerprint density at radius 3 is 2.48 bits per heavy atom. The number of carbonyl (C=O) groups excluding carboxylic acids is 1. The number of phenolic OH excluding ortho intramolecular Hbond substituents is 2. The minimum absolute atomic E-state index is 0.0205. The SMILES string of the molecule is O=C(c1cccs1)[C@@H]1[C@@H](c2ccc(O)c(O)c2)NC(=S)N[C@]1(O)C(F)(F)F. The van der Waals surface area contributed by atoms with Gasteiger partial charge in [0.2, 0.25) is 5.72 Å². The summed E-state index contributed by atoms with van der Waals surface area (Å²) in [5, 5.41) is 35.0. The third-order valence-corrected chi connectivity index (χ3v) is 5.32. The Hall–Kier alpha value is -2.37. The molecule has 1 aliphatic heterocycles. The number of carbonyl (C=O) groups is 1. The van der Waals surface area contributed by atoms with Crippen LogP contribution in [0.3, 0.4) is 0 Å². The lowest BCUT2D eigenvalue weighted by Crippen LogP contribution is -2.72. The smallest absolute Gasteiger partial charge is 0.437 e. The predicted molar refractivity (Wildman–Crippen MR) is 94.5 cm³/mol. The molecule has 2 heterocycles. The first-order valence-electron chi connectivity index (χ1n) is 7.52. The monoisotopic (exact) mass is 418 g/mol. The minimum atomic E-state index is -5.23. The normalized spacial score (nSPS) is 25.6. The molecule has 6 nitrogen and oxygen atoms in total. The van der Waals surface area contributed by atoms with Gasteiger partial charge >= 0.3 is 6.18 Å². The van der Waals surface area contributed by atoms with E-state index in [0.717, 1.165) is 23.5 Å². The molecule has 144 valence electrons. The van der Waals surface area contributed by atoms with E-state index in [1.807, 2.05) is 0 Å². The Balaban J connectivity index is 2.17. The van der Waals surface area contributed by atoms with E-state index in [0.29, 0.717) is 0 Å². The van der Waals surface area contributed by atoms with E-state index < -0.39 is 46.3 Å². The minimum Gasteiger partial charge on any atom is -0.504 e. The molecule has 0 radical (unpaired) electrons. The van der Waals surface area contributed by atoms with Gasteiger partial charge in [-0.3, -0.25) is 4.79 Å². The molecule has 1 aromatic carbocycles. The standard InChI is InChI=1S/C16H13F3N2O4S2/c17-16(18,19)15(25)11(13(24)10-2-1-5-27-10)12(20-14(26)21-15)7-3-4-8(22)9(23)6-7/h1-6,11-12,22-23,25H,(H2,20,21,26)/t11-,12+,15+/m0/s1. The van der Waals surface area contributed by atoms with Crippen molar-refractivity contribution < 1.29 is 33.3 Å². The van der Waals surface area contributed by atoms with Crippen molar-refractivity contribution in [3.8, 4) is 11.5 Å². The highest BCUT2D eigenvalue weighted by Gasteiger charge is 2.65. The first-order chi connectivity index (χ1) is 12.5. The molecular weight excluding hydrogens is 405 g/mol. The Morgan fingerprint density at radius 2 is 1.93 bits per heavy atom. The number of alkyl halides is 3. The second-order valence-corrected chi connectivity index (χ2v) is 7.26. The van der Waals surface area contributed by atoms with Gasteiger partial charge in [-0.2, -0.15) is 13.2 Å². The molecule has 0 unspecified atom stereocenters. The molecule has 0 spiro atoms. The van der Waals surface area contributed by atoms with Crippen molar-refractivity contribution >= 4 is 34.5 Å². The van der Waals surface area contributed by atoms with E-state index in [9.17, 15) is 33.3 Å². The van der Waals surface area contributed by atoms with Crippen molar-refractivity contribution in [3.05, 3.63) is 46.2 Å². The maximum Gasteiger partial charge on any atom is 0.437 e. The molecule has 1 aliphatic rings. The van der Waals surface area contributed by atoms with Crippen molar-refractivity contribution in [1.82, 2.24) is 10.6 Å². The first-order valence-corrected chi connectivity index (χ1v) is 8.81. The van der Waals surface area contributed by atoms with Crippen LogP contribution in [0.15, 0.2) is 35.7 Å². The van der Waals surface area contributed by atoms with Gasteiger partial charge in [-0.15, -0.1) is 11.3 Å². The van der Waals surface area contributed by atoms with Crippen LogP contribution in [-0.2, 0) is 0 Å². The van der Waals surface area contributed by atoms with Crippen molar-refractivity contribution in [2.24, 2.45) is 5.92 Å². The number of nitrogens with one attached hydrogen (secondary N) is 2. The zero-order valence-electron chi connectivity index (χ0n) is 13.3. The van der Waals surface area contributed by atoms with E-state index in [1.54, 1.807) is 5.32 Å². The van der Waals surface area contributed by atoms with Crippen LogP contribution in [0.1, 0.15) is 21.3 Å². The van der Waals surface area contributed by atoms with Crippen LogP contribution in [0.4, 0.5) is 13.2 Å². The summed E-state index contributed by atoms with van der Waals surface area (Å²) in [5.74, 6) is -4.07. The van der Waals surface area contributed by atoms with Crippen LogP contribution in [0.25, 0.3) is 0 Å². The van der Waals surface area contributed by atoms with Crippen LogP contribution in [-0.4, -0.2) is 38.1 Å². The molecule has 3 rings (SSSR count). The van der Waals surface area contributed by atoms with Gasteiger partial charge in [-0.1, -0.05) is 12.1 Å². The summed E-state index contributed by atoms with van der Waals surface area (Å²) in [5.41, 5.74) is -3.60. The zero-order valence-corrected chi connectivity index (χ0v) is 15.0. The number of aromatic hydroxyl groups is 2. The third kappa shape index (κ3) is 3.33. The van der Waals surface area contributed by atoms with Crippen LogP contribution in [0, 0.1) is 5.92 Å². The highest BCUT2D eigenvalue weighted by molar-refractivity contribution is 7.80. The largest absolute Gasteiger partial charge is 0.504 e. The number of thiophene rings is 1. The molecule has 27 heavy (non-hydrogen) atoms. The maximum absolute atomic E-state index is 13.7. The molecular formula is C16H13F3N2O4S2. The van der Waals surface area contributed by atoms with Gasteiger partial charge in [0.1, 0.15) is 5.92 Å². The summed E-state index contributed by atoms with van der Waals surface area (Å²) in [6.07, 6.45) is -5.23. The third-order valence-electron chi connectivity index (χ3n) is 4.21. The molecule has 0 bridgehead atoms. The number of phenols is 2. The summed E-state index contributed by atoms with van der Waals surface area (Å²) in [6, 6.07) is 4.74. The molecule has 0 amide bonds. The van der Waals surface area contributed by atoms with E-state index in [2.05, 4.69) is 5.32 Å². The van der Waals surface area contributed by atoms with Crippen molar-refractivity contribution in [2.75, 3.05) is 0 Å². The number of ketones is 1. The number of benzene rings is 1. The maximum atomic E-state index is 13.7. The van der Waals surface area contributed by atoms with Crippen LogP contribution in [0.2, 0.25) is 0 Å². The molecule has 11 heteroatoms. The first kappa shape index (κ1) is 19.4. The highest BCUT2D eigenvalue weighted by Crippen LogP contribution is 2.45. The van der Waals surface area contributed by atoms with Gasteiger partial charge in [0.15, 0.2) is 22.4 Å². The second-order valence-electron chi connectivity index (χ2n) is 5.91. The number of hydrogen-bond acceptors (Lipinski definition) is 6.